The summed E-state index contributed by atoms with van der Waals surface area (Å²) in [6.07, 6.45) is 7.55. The maximum absolute atomic E-state index is 11.7. The molecular weight excluding hydrogens is 216 g/mol. The number of aromatic amines is 1. The first kappa shape index (κ1) is 11.6. The number of aromatic nitrogens is 1. The number of H-pyrrole nitrogens is 1. The molecule has 1 aromatic rings. The average molecular weight is 232 g/mol. The Hall–Kier alpha value is -1.84. The fourth-order valence-corrected chi connectivity index (χ4v) is 1.95. The highest BCUT2D eigenvalue weighted by molar-refractivity contribution is 5.92. The van der Waals surface area contributed by atoms with Crippen molar-refractivity contribution >= 4 is 5.91 Å². The molecule has 1 aromatic heterocycles. The van der Waals surface area contributed by atoms with Gasteiger partial charge >= 0.3 is 0 Å². The highest BCUT2D eigenvalue weighted by atomic mass is 16.2. The van der Waals surface area contributed by atoms with Crippen LogP contribution in [0.5, 0.6) is 0 Å². The molecule has 1 heterocycles. The number of nitrogens with one attached hydrogen (secondary N) is 2. The van der Waals surface area contributed by atoms with Gasteiger partial charge in [-0.1, -0.05) is 18.2 Å². The third-order valence-corrected chi connectivity index (χ3v) is 2.94. The number of carbonyl (C=O) groups excluding carboxylic acids is 1. The first-order valence-corrected chi connectivity index (χ1v) is 5.88. The molecule has 0 radical (unpaired) electrons. The van der Waals surface area contributed by atoms with Crippen LogP contribution in [0.15, 0.2) is 35.1 Å². The monoisotopic (exact) mass is 232 g/mol. The van der Waals surface area contributed by atoms with Crippen molar-refractivity contribution in [3.05, 3.63) is 46.4 Å². The van der Waals surface area contributed by atoms with Crippen LogP contribution in [-0.4, -0.2) is 17.4 Å². The van der Waals surface area contributed by atoms with Gasteiger partial charge < -0.3 is 10.3 Å². The molecule has 1 aliphatic rings. The smallest absolute Gasteiger partial charge is 0.267 e. The predicted octanol–water partition coefficient (Wildman–Crippen LogP) is 1.46. The summed E-state index contributed by atoms with van der Waals surface area (Å²) in [5.41, 5.74) is 0.0714. The second-order valence-corrected chi connectivity index (χ2v) is 4.29. The fraction of sp³-hybridized carbons (Fsp3) is 0.385. The molecule has 0 aromatic carbocycles. The molecule has 0 saturated heterocycles. The van der Waals surface area contributed by atoms with Crippen LogP contribution < -0.4 is 10.9 Å². The topological polar surface area (TPSA) is 62.0 Å². The van der Waals surface area contributed by atoms with E-state index in [2.05, 4.69) is 22.5 Å². The second kappa shape index (κ2) is 5.48. The summed E-state index contributed by atoms with van der Waals surface area (Å²) in [5, 5.41) is 2.85. The summed E-state index contributed by atoms with van der Waals surface area (Å²) < 4.78 is 0. The van der Waals surface area contributed by atoms with Gasteiger partial charge in [-0.3, -0.25) is 9.59 Å². The lowest BCUT2D eigenvalue weighted by Crippen LogP contribution is -2.31. The summed E-state index contributed by atoms with van der Waals surface area (Å²) in [4.78, 5) is 25.3. The Morgan fingerprint density at radius 2 is 2.29 bits per heavy atom. The molecule has 2 N–H and O–H groups in total. The molecule has 0 spiro atoms. The molecular formula is C13H16N2O2. The zero-order chi connectivity index (χ0) is 12.1. The van der Waals surface area contributed by atoms with Crippen molar-refractivity contribution in [3.8, 4) is 0 Å². The van der Waals surface area contributed by atoms with E-state index >= 15 is 0 Å². The van der Waals surface area contributed by atoms with Crippen LogP contribution in [0.4, 0.5) is 0 Å². The van der Waals surface area contributed by atoms with Gasteiger partial charge in [-0.15, -0.1) is 0 Å². The Morgan fingerprint density at radius 3 is 3.00 bits per heavy atom. The number of carbonyl (C=O) groups is 1. The van der Waals surface area contributed by atoms with Gasteiger partial charge in [0.2, 0.25) is 5.56 Å². The van der Waals surface area contributed by atoms with Gasteiger partial charge in [0.15, 0.2) is 0 Å². The minimum atomic E-state index is -0.252. The van der Waals surface area contributed by atoms with Crippen molar-refractivity contribution in [2.75, 3.05) is 6.54 Å². The van der Waals surface area contributed by atoms with Gasteiger partial charge in [0.25, 0.3) is 5.91 Å². The summed E-state index contributed by atoms with van der Waals surface area (Å²) in [5.74, 6) is 0.302. The first-order valence-electron chi connectivity index (χ1n) is 5.88. The number of hydrogen-bond donors (Lipinski definition) is 2. The molecule has 1 unspecified atom stereocenters. The summed E-state index contributed by atoms with van der Waals surface area (Å²) in [7, 11) is 0. The molecule has 4 nitrogen and oxygen atoms in total. The van der Waals surface area contributed by atoms with Gasteiger partial charge in [-0.2, -0.15) is 0 Å². The minimum Gasteiger partial charge on any atom is -0.350 e. The van der Waals surface area contributed by atoms with Gasteiger partial charge in [-0.25, -0.2) is 0 Å². The summed E-state index contributed by atoms with van der Waals surface area (Å²) in [6.45, 7) is 0.667. The zero-order valence-corrected chi connectivity index (χ0v) is 9.61. The molecule has 1 aliphatic carbocycles. The molecule has 0 aliphatic heterocycles. The van der Waals surface area contributed by atoms with E-state index in [1.165, 1.54) is 6.07 Å². The van der Waals surface area contributed by atoms with Crippen molar-refractivity contribution < 1.29 is 4.79 Å². The van der Waals surface area contributed by atoms with Crippen LogP contribution in [0.25, 0.3) is 0 Å². The van der Waals surface area contributed by atoms with E-state index in [0.717, 1.165) is 19.3 Å². The molecule has 4 heteroatoms. The van der Waals surface area contributed by atoms with Crippen LogP contribution in [0.3, 0.4) is 0 Å². The van der Waals surface area contributed by atoms with Crippen molar-refractivity contribution in [1.29, 1.82) is 0 Å². The van der Waals surface area contributed by atoms with Gasteiger partial charge in [0.05, 0.1) is 0 Å². The molecule has 0 bridgehead atoms. The molecule has 0 saturated carbocycles. The minimum absolute atomic E-state index is 0.211. The lowest BCUT2D eigenvalue weighted by Gasteiger charge is -2.17. The van der Waals surface area contributed by atoms with E-state index in [-0.39, 0.29) is 11.5 Å². The van der Waals surface area contributed by atoms with Crippen LogP contribution >= 0.6 is 0 Å². The lowest BCUT2D eigenvalue weighted by molar-refractivity contribution is 0.0941. The largest absolute Gasteiger partial charge is 0.350 e. The Kier molecular flexibility index (Phi) is 3.75. The van der Waals surface area contributed by atoms with E-state index in [0.29, 0.717) is 18.2 Å². The van der Waals surface area contributed by atoms with Crippen molar-refractivity contribution in [2.24, 2.45) is 5.92 Å². The lowest BCUT2D eigenvalue weighted by atomic mass is 9.94. The molecule has 2 rings (SSSR count). The van der Waals surface area contributed by atoms with Crippen LogP contribution in [0, 0.1) is 5.92 Å². The second-order valence-electron chi connectivity index (χ2n) is 4.29. The standard InChI is InChI=1S/C13H16N2O2/c16-12-8-4-7-11(15-12)13(17)14-9-10-5-2-1-3-6-10/h1-2,4,7-8,10H,3,5-6,9H2,(H,14,17)(H,15,16). The van der Waals surface area contributed by atoms with E-state index in [4.69, 9.17) is 0 Å². The third-order valence-electron chi connectivity index (χ3n) is 2.94. The Labute approximate surface area is 99.7 Å². The highest BCUT2D eigenvalue weighted by Crippen LogP contribution is 2.16. The van der Waals surface area contributed by atoms with E-state index in [1.54, 1.807) is 12.1 Å². The summed E-state index contributed by atoms with van der Waals surface area (Å²) in [6, 6.07) is 4.58. The number of pyridine rings is 1. The van der Waals surface area contributed by atoms with Crippen molar-refractivity contribution in [1.82, 2.24) is 10.3 Å². The van der Waals surface area contributed by atoms with Crippen molar-refractivity contribution in [3.63, 3.8) is 0 Å². The molecule has 1 amide bonds. The quantitative estimate of drug-likeness (QED) is 0.775. The number of rotatable bonds is 3. The van der Waals surface area contributed by atoms with E-state index in [9.17, 15) is 9.59 Å². The SMILES string of the molecule is O=C(NCC1CC=CCC1)c1cccc(=O)[nH]1. The zero-order valence-electron chi connectivity index (χ0n) is 9.61. The summed E-state index contributed by atoms with van der Waals surface area (Å²) >= 11 is 0. The first-order chi connectivity index (χ1) is 8.25. The molecule has 1 atom stereocenters. The average Bonchev–Trinajstić information content (AvgIpc) is 2.37. The van der Waals surface area contributed by atoms with Crippen LogP contribution in [-0.2, 0) is 0 Å². The molecule has 90 valence electrons. The van der Waals surface area contributed by atoms with Crippen molar-refractivity contribution in [2.45, 2.75) is 19.3 Å². The predicted molar refractivity (Wildman–Crippen MR) is 65.9 cm³/mol. The van der Waals surface area contributed by atoms with E-state index in [1.807, 2.05) is 0 Å². The van der Waals surface area contributed by atoms with Crippen LogP contribution in [0.1, 0.15) is 29.8 Å². The van der Waals surface area contributed by atoms with Crippen LogP contribution in [0.2, 0.25) is 0 Å². The fourth-order valence-electron chi connectivity index (χ4n) is 1.95. The third kappa shape index (κ3) is 3.31. The Bertz CT molecular complexity index is 476. The number of allylic oxidation sites excluding steroid dienone is 2. The highest BCUT2D eigenvalue weighted by Gasteiger charge is 2.12. The molecule has 0 fully saturated rings. The maximum atomic E-state index is 11.7. The maximum Gasteiger partial charge on any atom is 0.267 e. The van der Waals surface area contributed by atoms with Gasteiger partial charge in [0, 0.05) is 12.6 Å². The molecule has 17 heavy (non-hydrogen) atoms. The van der Waals surface area contributed by atoms with Gasteiger partial charge in [-0.05, 0) is 31.2 Å². The number of amides is 1. The van der Waals surface area contributed by atoms with E-state index < -0.39 is 0 Å². The normalized spacial score (nSPS) is 18.9. The number of hydrogen-bond acceptors (Lipinski definition) is 2. The Balaban J connectivity index is 1.89. The van der Waals surface area contributed by atoms with Gasteiger partial charge in [0.1, 0.15) is 5.69 Å². The Morgan fingerprint density at radius 1 is 1.41 bits per heavy atom.